The van der Waals surface area contributed by atoms with Gasteiger partial charge in [-0.15, -0.1) is 0 Å². The van der Waals surface area contributed by atoms with E-state index in [4.69, 9.17) is 16.3 Å². The molecule has 16 heavy (non-hydrogen) atoms. The van der Waals surface area contributed by atoms with E-state index in [0.717, 1.165) is 18.1 Å². The highest BCUT2D eigenvalue weighted by Crippen LogP contribution is 2.28. The number of hydrogen-bond acceptors (Lipinski definition) is 1. The molecule has 0 N–H and O–H groups in total. The van der Waals surface area contributed by atoms with E-state index in [1.807, 2.05) is 6.92 Å². The molecule has 1 aromatic carbocycles. The fraction of sp³-hybridized carbons (Fsp3) is 0.571. The molecule has 0 radical (unpaired) electrons. The van der Waals surface area contributed by atoms with E-state index in [9.17, 15) is 0 Å². The Morgan fingerprint density at radius 1 is 1.25 bits per heavy atom. The van der Waals surface area contributed by atoms with Crippen LogP contribution >= 0.6 is 11.6 Å². The van der Waals surface area contributed by atoms with Crippen molar-refractivity contribution in [3.63, 3.8) is 0 Å². The van der Waals surface area contributed by atoms with Gasteiger partial charge in [-0.25, -0.2) is 0 Å². The van der Waals surface area contributed by atoms with E-state index < -0.39 is 0 Å². The molecule has 0 saturated carbocycles. The average Bonchev–Trinajstić information content (AvgIpc) is 2.21. The van der Waals surface area contributed by atoms with Crippen LogP contribution in [0.5, 0.6) is 0 Å². The molecule has 0 aromatic heterocycles. The van der Waals surface area contributed by atoms with E-state index in [0.29, 0.717) is 5.92 Å². The smallest absolute Gasteiger partial charge is 0.0587 e. The molecule has 0 fully saturated rings. The summed E-state index contributed by atoms with van der Waals surface area (Å²) in [7, 11) is 0. The molecule has 0 aliphatic carbocycles. The molecule has 0 aliphatic heterocycles. The zero-order valence-electron chi connectivity index (χ0n) is 10.6. The van der Waals surface area contributed by atoms with Crippen molar-refractivity contribution in [3.05, 3.63) is 34.3 Å². The quantitative estimate of drug-likeness (QED) is 0.740. The molecular formula is C14H21ClO. The molecular weight excluding hydrogens is 220 g/mol. The van der Waals surface area contributed by atoms with Crippen LogP contribution in [0, 0.1) is 0 Å². The lowest BCUT2D eigenvalue weighted by Crippen LogP contribution is -2.12. The number of benzene rings is 1. The van der Waals surface area contributed by atoms with Gasteiger partial charge in [-0.3, -0.25) is 0 Å². The molecule has 0 heterocycles. The van der Waals surface area contributed by atoms with Crippen LogP contribution in [0.25, 0.3) is 0 Å². The fourth-order valence-electron chi connectivity index (χ4n) is 1.86. The number of hydrogen-bond donors (Lipinski definition) is 0. The van der Waals surface area contributed by atoms with E-state index in [2.05, 4.69) is 39.0 Å². The van der Waals surface area contributed by atoms with Crippen molar-refractivity contribution in [1.29, 1.82) is 0 Å². The highest BCUT2D eigenvalue weighted by Gasteiger charge is 2.11. The van der Waals surface area contributed by atoms with Crippen LogP contribution in [0.15, 0.2) is 18.2 Å². The largest absolute Gasteiger partial charge is 0.378 e. The first-order valence-electron chi connectivity index (χ1n) is 5.95. The zero-order valence-corrected chi connectivity index (χ0v) is 11.3. The van der Waals surface area contributed by atoms with Crippen molar-refractivity contribution in [2.75, 3.05) is 6.61 Å². The van der Waals surface area contributed by atoms with Crippen molar-refractivity contribution in [2.45, 2.75) is 46.1 Å². The molecule has 90 valence electrons. The molecule has 1 aromatic rings. The van der Waals surface area contributed by atoms with Crippen molar-refractivity contribution in [1.82, 2.24) is 0 Å². The van der Waals surface area contributed by atoms with Crippen molar-refractivity contribution in [3.8, 4) is 0 Å². The molecule has 2 heteroatoms. The third-order valence-corrected chi connectivity index (χ3v) is 3.15. The number of rotatable bonds is 5. The molecule has 1 atom stereocenters. The lowest BCUT2D eigenvalue weighted by molar-refractivity contribution is 0.0768. The van der Waals surface area contributed by atoms with Gasteiger partial charge in [0.05, 0.1) is 6.10 Å². The van der Waals surface area contributed by atoms with Gasteiger partial charge in [0.15, 0.2) is 0 Å². The summed E-state index contributed by atoms with van der Waals surface area (Å²) >= 11 is 6.39. The van der Waals surface area contributed by atoms with Gasteiger partial charge in [-0.2, -0.15) is 0 Å². The second-order valence-electron chi connectivity index (χ2n) is 4.45. The Hall–Kier alpha value is -0.530. The summed E-state index contributed by atoms with van der Waals surface area (Å²) in [6, 6.07) is 6.26. The molecule has 0 amide bonds. The lowest BCUT2D eigenvalue weighted by Gasteiger charge is -2.16. The minimum atomic E-state index is 0.227. The zero-order chi connectivity index (χ0) is 12.1. The fourth-order valence-corrected chi connectivity index (χ4v) is 2.28. The highest BCUT2D eigenvalue weighted by atomic mass is 35.5. The Balaban J connectivity index is 2.84. The summed E-state index contributed by atoms with van der Waals surface area (Å²) in [4.78, 5) is 0. The van der Waals surface area contributed by atoms with E-state index in [1.165, 1.54) is 11.1 Å². The standard InChI is InChI=1S/C14H21ClO/c1-5-16-11(4)9-12-7-6-8-13(10(2)3)14(12)15/h6-8,10-11H,5,9H2,1-4H3. The van der Waals surface area contributed by atoms with Crippen LogP contribution in [0.3, 0.4) is 0 Å². The monoisotopic (exact) mass is 240 g/mol. The summed E-state index contributed by atoms with van der Waals surface area (Å²) < 4.78 is 5.54. The van der Waals surface area contributed by atoms with Gasteiger partial charge in [-0.05, 0) is 37.3 Å². The van der Waals surface area contributed by atoms with Gasteiger partial charge < -0.3 is 4.74 Å². The summed E-state index contributed by atoms with van der Waals surface area (Å²) in [5.74, 6) is 0.467. The molecule has 0 aliphatic rings. The maximum Gasteiger partial charge on any atom is 0.0587 e. The predicted molar refractivity (Wildman–Crippen MR) is 70.3 cm³/mol. The Bertz CT molecular complexity index is 334. The Labute approximate surface area is 104 Å². The minimum absolute atomic E-state index is 0.227. The summed E-state index contributed by atoms with van der Waals surface area (Å²) in [6.07, 6.45) is 1.11. The number of halogens is 1. The second-order valence-corrected chi connectivity index (χ2v) is 4.82. The third kappa shape index (κ3) is 3.50. The van der Waals surface area contributed by atoms with Gasteiger partial charge in [0.2, 0.25) is 0 Å². The Morgan fingerprint density at radius 3 is 2.50 bits per heavy atom. The summed E-state index contributed by atoms with van der Waals surface area (Å²) in [5, 5.41) is 0.907. The molecule has 1 nitrogen and oxygen atoms in total. The third-order valence-electron chi connectivity index (χ3n) is 2.69. The summed E-state index contributed by atoms with van der Waals surface area (Å²) in [6.45, 7) is 9.18. The second kappa shape index (κ2) is 6.27. The van der Waals surface area contributed by atoms with Crippen LogP contribution < -0.4 is 0 Å². The van der Waals surface area contributed by atoms with Gasteiger partial charge in [-0.1, -0.05) is 43.6 Å². The van der Waals surface area contributed by atoms with Crippen molar-refractivity contribution in [2.24, 2.45) is 0 Å². The van der Waals surface area contributed by atoms with E-state index in [-0.39, 0.29) is 6.10 Å². The SMILES string of the molecule is CCOC(C)Cc1cccc(C(C)C)c1Cl. The molecule has 1 unspecified atom stereocenters. The van der Waals surface area contributed by atoms with Gasteiger partial charge >= 0.3 is 0 Å². The molecule has 0 saturated heterocycles. The van der Waals surface area contributed by atoms with Crippen LogP contribution in [0.1, 0.15) is 44.7 Å². The predicted octanol–water partition coefficient (Wildman–Crippen LogP) is 4.43. The maximum absolute atomic E-state index is 6.39. The van der Waals surface area contributed by atoms with E-state index in [1.54, 1.807) is 0 Å². The van der Waals surface area contributed by atoms with Crippen molar-refractivity contribution >= 4 is 11.6 Å². The van der Waals surface area contributed by atoms with Gasteiger partial charge in [0.25, 0.3) is 0 Å². The van der Waals surface area contributed by atoms with Crippen LogP contribution in [-0.4, -0.2) is 12.7 Å². The average molecular weight is 241 g/mol. The molecule has 0 bridgehead atoms. The Kier molecular flexibility index (Phi) is 5.30. The normalized spacial score (nSPS) is 13.1. The highest BCUT2D eigenvalue weighted by molar-refractivity contribution is 6.32. The molecule has 1 rings (SSSR count). The first-order valence-corrected chi connectivity index (χ1v) is 6.32. The van der Waals surface area contributed by atoms with E-state index >= 15 is 0 Å². The minimum Gasteiger partial charge on any atom is -0.378 e. The molecule has 0 spiro atoms. The van der Waals surface area contributed by atoms with Crippen LogP contribution in [0.4, 0.5) is 0 Å². The lowest BCUT2D eigenvalue weighted by atomic mass is 9.98. The number of ether oxygens (including phenoxy) is 1. The van der Waals surface area contributed by atoms with Crippen LogP contribution in [-0.2, 0) is 11.2 Å². The Morgan fingerprint density at radius 2 is 1.94 bits per heavy atom. The van der Waals surface area contributed by atoms with Gasteiger partial charge in [0, 0.05) is 11.6 Å². The van der Waals surface area contributed by atoms with Crippen LogP contribution in [0.2, 0.25) is 5.02 Å². The first-order chi connectivity index (χ1) is 7.56. The maximum atomic E-state index is 6.39. The van der Waals surface area contributed by atoms with Crippen molar-refractivity contribution < 1.29 is 4.74 Å². The van der Waals surface area contributed by atoms with Gasteiger partial charge in [0.1, 0.15) is 0 Å². The first kappa shape index (κ1) is 13.5. The topological polar surface area (TPSA) is 9.23 Å². The summed E-state index contributed by atoms with van der Waals surface area (Å²) in [5.41, 5.74) is 2.41.